The van der Waals surface area contributed by atoms with E-state index in [-0.39, 0.29) is 17.9 Å². The van der Waals surface area contributed by atoms with Crippen LogP contribution in [0.15, 0.2) is 11.5 Å². The Morgan fingerprint density at radius 3 is 2.80 bits per heavy atom. The molecular formula is C10H12N2O7S. The molecule has 110 valence electrons. The van der Waals surface area contributed by atoms with Gasteiger partial charge in [-0.05, 0) is 0 Å². The molecule has 0 aliphatic carbocycles. The number of primary amides is 1. The summed E-state index contributed by atoms with van der Waals surface area (Å²) in [6.45, 7) is -0.237. The third kappa shape index (κ3) is 2.51. The number of thioether (sulfide) groups is 1. The number of β-lactam (4-membered cyclic amide) rings is 1. The van der Waals surface area contributed by atoms with Crippen LogP contribution in [0, 0.1) is 0 Å². The van der Waals surface area contributed by atoms with Crippen molar-refractivity contribution in [2.75, 3.05) is 19.5 Å². The molecule has 0 aromatic carbocycles. The van der Waals surface area contributed by atoms with Crippen LogP contribution in [0.2, 0.25) is 0 Å². The van der Waals surface area contributed by atoms with Gasteiger partial charge in [-0.3, -0.25) is 9.69 Å². The molecule has 3 N–H and O–H groups in total. The van der Waals surface area contributed by atoms with E-state index in [1.54, 1.807) is 0 Å². The second kappa shape index (κ2) is 5.59. The van der Waals surface area contributed by atoms with Gasteiger partial charge in [0.1, 0.15) is 12.0 Å². The molecule has 2 atom stereocenters. The summed E-state index contributed by atoms with van der Waals surface area (Å²) in [6, 6.07) is 0. The maximum Gasteiger partial charge on any atom is 0.512 e. The molecule has 9 nitrogen and oxygen atoms in total. The van der Waals surface area contributed by atoms with Crippen LogP contribution in [-0.4, -0.2) is 59.1 Å². The first kappa shape index (κ1) is 14.5. The number of carbonyl (C=O) groups is 3. The smallest absolute Gasteiger partial charge is 0.449 e. The first-order valence-corrected chi connectivity index (χ1v) is 6.53. The molecule has 0 aromatic rings. The van der Waals surface area contributed by atoms with Gasteiger partial charge in [0.25, 0.3) is 5.91 Å². The van der Waals surface area contributed by atoms with Crippen LogP contribution in [0.25, 0.3) is 0 Å². The Morgan fingerprint density at radius 2 is 2.25 bits per heavy atom. The number of fused-ring (bicyclic) bond motifs is 1. The number of amides is 2. The van der Waals surface area contributed by atoms with Gasteiger partial charge in [-0.25, -0.2) is 9.59 Å². The van der Waals surface area contributed by atoms with Gasteiger partial charge in [0.05, 0.1) is 0 Å². The van der Waals surface area contributed by atoms with Gasteiger partial charge in [0.2, 0.25) is 5.88 Å². The molecule has 2 amide bonds. The van der Waals surface area contributed by atoms with Crippen molar-refractivity contribution in [3.8, 4) is 0 Å². The topological polar surface area (TPSA) is 128 Å². The second-order valence-corrected chi connectivity index (χ2v) is 5.06. The Labute approximate surface area is 117 Å². The summed E-state index contributed by atoms with van der Waals surface area (Å²) in [7, 11) is 1.40. The summed E-state index contributed by atoms with van der Waals surface area (Å²) >= 11 is 1.36. The zero-order valence-corrected chi connectivity index (χ0v) is 11.2. The summed E-state index contributed by atoms with van der Waals surface area (Å²) in [6.07, 6.45) is -3.19. The highest BCUT2D eigenvalue weighted by molar-refractivity contribution is 8.00. The van der Waals surface area contributed by atoms with E-state index in [1.807, 2.05) is 0 Å². The van der Waals surface area contributed by atoms with E-state index >= 15 is 0 Å². The quantitative estimate of drug-likeness (QED) is 0.545. The van der Waals surface area contributed by atoms with Crippen LogP contribution in [0.1, 0.15) is 0 Å². The van der Waals surface area contributed by atoms with Crippen LogP contribution in [0.4, 0.5) is 9.59 Å². The monoisotopic (exact) mass is 304 g/mol. The van der Waals surface area contributed by atoms with E-state index in [1.165, 1.54) is 23.8 Å². The molecule has 20 heavy (non-hydrogen) atoms. The van der Waals surface area contributed by atoms with Gasteiger partial charge in [0, 0.05) is 18.4 Å². The van der Waals surface area contributed by atoms with Gasteiger partial charge in [0.15, 0.2) is 6.10 Å². The van der Waals surface area contributed by atoms with E-state index < -0.39 is 24.3 Å². The van der Waals surface area contributed by atoms with Gasteiger partial charge in [-0.1, -0.05) is 0 Å². The fourth-order valence-corrected chi connectivity index (χ4v) is 3.25. The minimum Gasteiger partial charge on any atom is -0.449 e. The van der Waals surface area contributed by atoms with Crippen molar-refractivity contribution in [1.29, 1.82) is 0 Å². The molecule has 2 rings (SSSR count). The summed E-state index contributed by atoms with van der Waals surface area (Å²) in [5, 5.41) is 8.39. The molecule has 2 heterocycles. The Kier molecular flexibility index (Phi) is 4.04. The zero-order valence-electron chi connectivity index (χ0n) is 10.4. The number of carbonyl (C=O) groups excluding carboxylic acids is 2. The van der Waals surface area contributed by atoms with E-state index in [4.69, 9.17) is 15.6 Å². The summed E-state index contributed by atoms with van der Waals surface area (Å²) in [5.41, 5.74) is 5.21. The SMILES string of the molecule is COC1C(=O)N2C(OC(=O)O)=C(COC(N)=O)CSC12. The predicted molar refractivity (Wildman–Crippen MR) is 65.6 cm³/mol. The van der Waals surface area contributed by atoms with E-state index in [2.05, 4.69) is 9.47 Å². The van der Waals surface area contributed by atoms with Crippen LogP contribution < -0.4 is 5.73 Å². The highest BCUT2D eigenvalue weighted by atomic mass is 32.2. The standard InChI is InChI=1S/C10H12N2O7S/c1-17-5-6(13)12-7(19-10(15)16)4(2-18-9(11)14)3-20-8(5)12/h5,8H,2-3H2,1H3,(H2,11,14)(H,15,16). The maximum atomic E-state index is 11.9. The average molecular weight is 304 g/mol. The van der Waals surface area contributed by atoms with E-state index in [0.29, 0.717) is 11.3 Å². The van der Waals surface area contributed by atoms with Crippen molar-refractivity contribution in [2.24, 2.45) is 5.73 Å². The zero-order chi connectivity index (χ0) is 14.9. The summed E-state index contributed by atoms with van der Waals surface area (Å²) in [5.74, 6) is -0.206. The number of ether oxygens (including phenoxy) is 3. The molecule has 1 fully saturated rings. The highest BCUT2D eigenvalue weighted by Gasteiger charge is 2.53. The molecule has 2 aliphatic rings. The molecule has 10 heteroatoms. The average Bonchev–Trinajstić information content (AvgIpc) is 2.36. The van der Waals surface area contributed by atoms with Gasteiger partial charge < -0.3 is 25.1 Å². The number of methoxy groups -OCH3 is 1. The number of nitrogens with two attached hydrogens (primary N) is 1. The van der Waals surface area contributed by atoms with Crippen LogP contribution >= 0.6 is 11.8 Å². The van der Waals surface area contributed by atoms with Crippen molar-refractivity contribution in [3.63, 3.8) is 0 Å². The van der Waals surface area contributed by atoms with Crippen molar-refractivity contribution in [3.05, 3.63) is 11.5 Å². The molecule has 2 unspecified atom stereocenters. The lowest BCUT2D eigenvalue weighted by molar-refractivity contribution is -0.162. The molecule has 0 bridgehead atoms. The minimum atomic E-state index is -1.56. The Hall–Kier alpha value is -1.94. The number of carboxylic acid groups (broad SMARTS) is 1. The lowest BCUT2D eigenvalue weighted by Gasteiger charge is -2.48. The molecule has 1 saturated heterocycles. The Balaban J connectivity index is 2.22. The van der Waals surface area contributed by atoms with Crippen molar-refractivity contribution in [2.45, 2.75) is 11.5 Å². The molecule has 0 aromatic heterocycles. The number of nitrogens with zero attached hydrogens (tertiary/aromatic N) is 1. The fraction of sp³-hybridized carbons (Fsp3) is 0.500. The third-order valence-electron chi connectivity index (χ3n) is 2.77. The van der Waals surface area contributed by atoms with Crippen LogP contribution in [0.3, 0.4) is 0 Å². The lowest BCUT2D eigenvalue weighted by Crippen LogP contribution is -2.65. The summed E-state index contributed by atoms with van der Waals surface area (Å²) in [4.78, 5) is 34.4. The van der Waals surface area contributed by atoms with E-state index in [0.717, 1.165) is 0 Å². The Morgan fingerprint density at radius 1 is 1.55 bits per heavy atom. The predicted octanol–water partition coefficient (Wildman–Crippen LogP) is -0.0820. The van der Waals surface area contributed by atoms with Crippen molar-refractivity contribution >= 4 is 29.9 Å². The van der Waals surface area contributed by atoms with Gasteiger partial charge in [-0.15, -0.1) is 11.8 Å². The van der Waals surface area contributed by atoms with Crippen LogP contribution in [-0.2, 0) is 19.0 Å². The second-order valence-electron chi connectivity index (χ2n) is 3.95. The molecule has 2 aliphatic heterocycles. The molecule has 0 saturated carbocycles. The molecule has 0 radical (unpaired) electrons. The van der Waals surface area contributed by atoms with Crippen LogP contribution in [0.5, 0.6) is 0 Å². The first-order valence-electron chi connectivity index (χ1n) is 5.48. The highest BCUT2D eigenvalue weighted by Crippen LogP contribution is 2.41. The number of hydrogen-bond acceptors (Lipinski definition) is 7. The number of rotatable bonds is 4. The number of hydrogen-bond donors (Lipinski definition) is 2. The lowest BCUT2D eigenvalue weighted by atomic mass is 10.1. The van der Waals surface area contributed by atoms with E-state index in [9.17, 15) is 14.4 Å². The Bertz CT molecular complexity index is 492. The largest absolute Gasteiger partial charge is 0.512 e. The summed E-state index contributed by atoms with van der Waals surface area (Å²) < 4.78 is 14.3. The molecular weight excluding hydrogens is 292 g/mol. The first-order chi connectivity index (χ1) is 9.45. The van der Waals surface area contributed by atoms with Crippen molar-refractivity contribution < 1.29 is 33.7 Å². The van der Waals surface area contributed by atoms with Crippen molar-refractivity contribution in [1.82, 2.24) is 4.90 Å². The fourth-order valence-electron chi connectivity index (χ4n) is 1.92. The maximum absolute atomic E-state index is 11.9. The van der Waals surface area contributed by atoms with Gasteiger partial charge in [-0.2, -0.15) is 0 Å². The normalized spacial score (nSPS) is 24.9. The molecule has 0 spiro atoms. The van der Waals surface area contributed by atoms with Gasteiger partial charge >= 0.3 is 12.2 Å². The minimum absolute atomic E-state index is 0.138. The third-order valence-corrected chi connectivity index (χ3v) is 4.09.